The quantitative estimate of drug-likeness (QED) is 0.806. The van der Waals surface area contributed by atoms with Crippen LogP contribution in [0.4, 0.5) is 0 Å². The van der Waals surface area contributed by atoms with Gasteiger partial charge in [-0.2, -0.15) is 0 Å². The molecule has 1 fully saturated rings. The number of piperidine rings is 1. The molecule has 0 N–H and O–H groups in total. The van der Waals surface area contributed by atoms with E-state index in [4.69, 9.17) is 16.3 Å². The lowest BCUT2D eigenvalue weighted by molar-refractivity contribution is -0.0605. The molecule has 7 heteroatoms. The van der Waals surface area contributed by atoms with Gasteiger partial charge in [0.25, 0.3) is 5.91 Å². The van der Waals surface area contributed by atoms with Crippen LogP contribution in [0.15, 0.2) is 30.5 Å². The van der Waals surface area contributed by atoms with Crippen molar-refractivity contribution in [1.29, 1.82) is 0 Å². The van der Waals surface area contributed by atoms with E-state index in [0.29, 0.717) is 30.3 Å². The molecule has 0 spiro atoms. The molecule has 0 aliphatic carbocycles. The van der Waals surface area contributed by atoms with Gasteiger partial charge in [0.2, 0.25) is 0 Å². The Balaban J connectivity index is 1.59. The second-order valence-electron chi connectivity index (χ2n) is 5.61. The fourth-order valence-corrected chi connectivity index (χ4v) is 3.39. The summed E-state index contributed by atoms with van der Waals surface area (Å²) in [6.45, 7) is 1.76. The van der Waals surface area contributed by atoms with Crippen molar-refractivity contribution >= 4 is 17.5 Å². The Labute approximate surface area is 132 Å². The number of ether oxygens (including phenoxy) is 1. The first-order valence-corrected chi connectivity index (χ1v) is 7.66. The van der Waals surface area contributed by atoms with Gasteiger partial charge in [0.1, 0.15) is 0 Å². The first-order chi connectivity index (χ1) is 10.7. The Hall–Kier alpha value is -1.92. The molecule has 3 heterocycles. The summed E-state index contributed by atoms with van der Waals surface area (Å²) < 4.78 is 7.75. The van der Waals surface area contributed by atoms with Crippen LogP contribution in [0.5, 0.6) is 0 Å². The van der Waals surface area contributed by atoms with Gasteiger partial charge >= 0.3 is 0 Å². The maximum absolute atomic E-state index is 12.7. The fraction of sp³-hybridized carbons (Fsp3) is 0.400. The third kappa shape index (κ3) is 2.19. The number of aromatic nitrogens is 3. The molecule has 22 heavy (non-hydrogen) atoms. The second-order valence-corrected chi connectivity index (χ2v) is 6.01. The van der Waals surface area contributed by atoms with Crippen LogP contribution in [0.3, 0.4) is 0 Å². The van der Waals surface area contributed by atoms with Gasteiger partial charge in [-0.1, -0.05) is 28.9 Å². The zero-order chi connectivity index (χ0) is 15.1. The standard InChI is InChI=1S/C15H15ClN4O2/c16-12-4-2-1-3-11(12)15(21)19-6-5-14-13(8-19)20-10(9-22-14)7-17-18-20/h1-4,7,13-14H,5-6,8-9H2. The van der Waals surface area contributed by atoms with E-state index in [9.17, 15) is 4.79 Å². The van der Waals surface area contributed by atoms with Crippen LogP contribution in [-0.2, 0) is 11.3 Å². The normalized spacial score (nSPS) is 23.8. The van der Waals surface area contributed by atoms with Crippen LogP contribution in [-0.4, -0.2) is 45.0 Å². The molecule has 2 unspecified atom stereocenters. The summed E-state index contributed by atoms with van der Waals surface area (Å²) in [7, 11) is 0. The van der Waals surface area contributed by atoms with Crippen molar-refractivity contribution in [2.24, 2.45) is 0 Å². The van der Waals surface area contributed by atoms with Crippen molar-refractivity contribution in [2.75, 3.05) is 13.1 Å². The Morgan fingerprint density at radius 3 is 3.09 bits per heavy atom. The maximum atomic E-state index is 12.7. The molecule has 1 amide bonds. The number of rotatable bonds is 1. The van der Waals surface area contributed by atoms with Gasteiger partial charge in [-0.15, -0.1) is 5.10 Å². The topological polar surface area (TPSA) is 60.3 Å². The fourth-order valence-electron chi connectivity index (χ4n) is 3.17. The molecule has 0 bridgehead atoms. The molecule has 0 radical (unpaired) electrons. The number of hydrogen-bond donors (Lipinski definition) is 0. The number of amides is 1. The zero-order valence-electron chi connectivity index (χ0n) is 11.9. The maximum Gasteiger partial charge on any atom is 0.255 e. The monoisotopic (exact) mass is 318 g/mol. The van der Waals surface area contributed by atoms with Crippen molar-refractivity contribution in [2.45, 2.75) is 25.2 Å². The number of fused-ring (bicyclic) bond motifs is 3. The largest absolute Gasteiger partial charge is 0.370 e. The summed E-state index contributed by atoms with van der Waals surface area (Å²) in [5.74, 6) is -0.0451. The molecule has 6 nitrogen and oxygen atoms in total. The third-order valence-corrected chi connectivity index (χ3v) is 4.65. The van der Waals surface area contributed by atoms with Crippen LogP contribution in [0, 0.1) is 0 Å². The minimum Gasteiger partial charge on any atom is -0.370 e. The minimum atomic E-state index is -0.0451. The van der Waals surface area contributed by atoms with E-state index in [0.717, 1.165) is 12.1 Å². The summed E-state index contributed by atoms with van der Waals surface area (Å²) in [5.41, 5.74) is 1.49. The minimum absolute atomic E-state index is 0.0198. The van der Waals surface area contributed by atoms with Crippen LogP contribution in [0.25, 0.3) is 0 Å². The molecule has 1 aromatic carbocycles. The van der Waals surface area contributed by atoms with Crippen molar-refractivity contribution in [3.8, 4) is 0 Å². The number of halogens is 1. The van der Waals surface area contributed by atoms with E-state index in [1.165, 1.54) is 0 Å². The van der Waals surface area contributed by atoms with Gasteiger partial charge in [-0.3, -0.25) is 4.79 Å². The molecule has 2 aliphatic rings. The highest BCUT2D eigenvalue weighted by atomic mass is 35.5. The van der Waals surface area contributed by atoms with Crippen molar-refractivity contribution in [3.63, 3.8) is 0 Å². The summed E-state index contributed by atoms with van der Waals surface area (Å²) >= 11 is 6.14. The smallest absolute Gasteiger partial charge is 0.255 e. The first kappa shape index (κ1) is 13.7. The molecule has 2 atom stereocenters. The number of nitrogens with zero attached hydrogens (tertiary/aromatic N) is 4. The molecular formula is C15H15ClN4O2. The Morgan fingerprint density at radius 1 is 1.36 bits per heavy atom. The molecular weight excluding hydrogens is 304 g/mol. The molecule has 1 saturated heterocycles. The lowest BCUT2D eigenvalue weighted by Crippen LogP contribution is -2.49. The van der Waals surface area contributed by atoms with Gasteiger partial charge in [0, 0.05) is 13.1 Å². The summed E-state index contributed by atoms with van der Waals surface area (Å²) in [6.07, 6.45) is 2.59. The van der Waals surface area contributed by atoms with Crippen molar-refractivity contribution in [1.82, 2.24) is 19.9 Å². The molecule has 2 aromatic rings. The summed E-state index contributed by atoms with van der Waals surface area (Å²) in [6, 6.07) is 7.16. The van der Waals surface area contributed by atoms with Crippen molar-refractivity contribution < 1.29 is 9.53 Å². The number of hydrogen-bond acceptors (Lipinski definition) is 4. The second kappa shape index (κ2) is 5.37. The summed E-state index contributed by atoms with van der Waals surface area (Å²) in [4.78, 5) is 14.5. The van der Waals surface area contributed by atoms with E-state index in [1.807, 2.05) is 21.7 Å². The van der Waals surface area contributed by atoms with Crippen LogP contribution < -0.4 is 0 Å². The number of carbonyl (C=O) groups excluding carboxylic acids is 1. The van der Waals surface area contributed by atoms with E-state index in [1.54, 1.807) is 18.3 Å². The lowest BCUT2D eigenvalue weighted by atomic mass is 9.99. The SMILES string of the molecule is O=C(c1ccccc1Cl)N1CCC2OCc3cnnn3C2C1. The van der Waals surface area contributed by atoms with Crippen LogP contribution in [0.2, 0.25) is 5.02 Å². The van der Waals surface area contributed by atoms with E-state index < -0.39 is 0 Å². The van der Waals surface area contributed by atoms with Gasteiger partial charge in [-0.05, 0) is 18.6 Å². The Bertz CT molecular complexity index is 717. The van der Waals surface area contributed by atoms with Gasteiger partial charge in [0.15, 0.2) is 0 Å². The predicted molar refractivity (Wildman–Crippen MR) is 79.6 cm³/mol. The average Bonchev–Trinajstić information content (AvgIpc) is 3.03. The predicted octanol–water partition coefficient (Wildman–Crippen LogP) is 1.92. The highest BCUT2D eigenvalue weighted by Gasteiger charge is 2.38. The molecule has 4 rings (SSSR count). The number of likely N-dealkylation sites (tertiary alicyclic amines) is 1. The zero-order valence-corrected chi connectivity index (χ0v) is 12.6. The Kier molecular flexibility index (Phi) is 3.35. The van der Waals surface area contributed by atoms with Crippen LogP contribution in [0.1, 0.15) is 28.5 Å². The molecule has 1 aromatic heterocycles. The molecule has 114 valence electrons. The number of benzene rings is 1. The highest BCUT2D eigenvalue weighted by molar-refractivity contribution is 6.33. The first-order valence-electron chi connectivity index (χ1n) is 7.28. The number of carbonyl (C=O) groups is 1. The Morgan fingerprint density at radius 2 is 2.23 bits per heavy atom. The van der Waals surface area contributed by atoms with Gasteiger partial charge in [0.05, 0.1) is 41.2 Å². The van der Waals surface area contributed by atoms with E-state index in [-0.39, 0.29) is 18.1 Å². The lowest BCUT2D eigenvalue weighted by Gasteiger charge is -2.41. The van der Waals surface area contributed by atoms with E-state index >= 15 is 0 Å². The van der Waals surface area contributed by atoms with Gasteiger partial charge < -0.3 is 9.64 Å². The molecule has 2 aliphatic heterocycles. The third-order valence-electron chi connectivity index (χ3n) is 4.32. The average molecular weight is 319 g/mol. The summed E-state index contributed by atoms with van der Waals surface area (Å²) in [5, 5.41) is 8.58. The van der Waals surface area contributed by atoms with Crippen LogP contribution >= 0.6 is 11.6 Å². The molecule has 0 saturated carbocycles. The highest BCUT2D eigenvalue weighted by Crippen LogP contribution is 2.31. The van der Waals surface area contributed by atoms with Gasteiger partial charge in [-0.25, -0.2) is 4.68 Å². The van der Waals surface area contributed by atoms with E-state index in [2.05, 4.69) is 10.3 Å². The van der Waals surface area contributed by atoms with Crippen molar-refractivity contribution in [3.05, 3.63) is 46.7 Å².